The number of ether oxygens (including phenoxy) is 2. The number of urea groups is 1. The zero-order valence-electron chi connectivity index (χ0n) is 14.0. The van der Waals surface area contributed by atoms with Gasteiger partial charge in [-0.2, -0.15) is 0 Å². The number of amides is 2. The summed E-state index contributed by atoms with van der Waals surface area (Å²) in [5.74, 6) is 1.79. The first-order chi connectivity index (χ1) is 11.6. The van der Waals surface area contributed by atoms with E-state index in [0.29, 0.717) is 19.8 Å². The molecule has 5 nitrogen and oxygen atoms in total. The molecule has 2 N–H and O–H groups in total. The molecule has 0 bridgehead atoms. The first kappa shape index (κ1) is 16.2. The number of carbonyl (C=O) groups excluding carboxylic acids is 1. The van der Waals surface area contributed by atoms with Crippen LogP contribution in [0, 0.1) is 13.8 Å². The summed E-state index contributed by atoms with van der Waals surface area (Å²) in [6, 6.07) is 11.5. The second-order valence-electron chi connectivity index (χ2n) is 5.87. The number of hydrogen-bond donors (Lipinski definition) is 2. The smallest absolute Gasteiger partial charge is 0.319 e. The molecule has 0 aromatic heterocycles. The molecular formula is C19H22N2O3. The van der Waals surface area contributed by atoms with Gasteiger partial charge >= 0.3 is 6.03 Å². The summed E-state index contributed by atoms with van der Waals surface area (Å²) in [6.45, 7) is 5.60. The summed E-state index contributed by atoms with van der Waals surface area (Å²) >= 11 is 0. The van der Waals surface area contributed by atoms with Crippen molar-refractivity contribution < 1.29 is 14.3 Å². The van der Waals surface area contributed by atoms with Gasteiger partial charge in [0.05, 0.1) is 13.2 Å². The molecule has 1 heterocycles. The molecule has 126 valence electrons. The quantitative estimate of drug-likeness (QED) is 0.828. The van der Waals surface area contributed by atoms with E-state index in [1.54, 1.807) is 0 Å². The highest BCUT2D eigenvalue weighted by atomic mass is 16.5. The maximum atomic E-state index is 11.9. The van der Waals surface area contributed by atoms with Crippen LogP contribution in [-0.4, -0.2) is 25.8 Å². The normalized spacial score (nSPS) is 12.2. The van der Waals surface area contributed by atoms with Crippen molar-refractivity contribution >= 4 is 11.7 Å². The Kier molecular flexibility index (Phi) is 4.89. The molecule has 0 aliphatic carbocycles. The van der Waals surface area contributed by atoms with Gasteiger partial charge in [-0.15, -0.1) is 0 Å². The van der Waals surface area contributed by atoms with Gasteiger partial charge in [-0.3, -0.25) is 0 Å². The van der Waals surface area contributed by atoms with Crippen molar-refractivity contribution in [1.29, 1.82) is 0 Å². The molecule has 2 amide bonds. The lowest BCUT2D eigenvalue weighted by molar-refractivity contribution is 0.247. The summed E-state index contributed by atoms with van der Waals surface area (Å²) in [4.78, 5) is 11.9. The third-order valence-corrected chi connectivity index (χ3v) is 3.99. The lowest BCUT2D eigenvalue weighted by Gasteiger charge is -2.13. The molecule has 0 radical (unpaired) electrons. The summed E-state index contributed by atoms with van der Waals surface area (Å²) in [6.07, 6.45) is 0.885. The van der Waals surface area contributed by atoms with E-state index in [9.17, 15) is 4.79 Å². The Bertz CT molecular complexity index is 723. The Morgan fingerprint density at radius 1 is 1.21 bits per heavy atom. The summed E-state index contributed by atoms with van der Waals surface area (Å²) in [5, 5.41) is 5.63. The molecule has 3 rings (SSSR count). The van der Waals surface area contributed by atoms with E-state index in [1.807, 2.05) is 50.2 Å². The van der Waals surface area contributed by atoms with Crippen LogP contribution in [0.4, 0.5) is 10.5 Å². The molecule has 1 aliphatic rings. The van der Waals surface area contributed by atoms with Gasteiger partial charge in [0, 0.05) is 12.1 Å². The average Bonchev–Trinajstić information content (AvgIpc) is 3.01. The standard InChI is InChI=1S/C19H22N2O3/c1-13-4-3-5-14(2)18(13)24-11-9-20-19(22)21-16-6-7-17-15(12-16)8-10-23-17/h3-7,12H,8-11H2,1-2H3,(H2,20,21,22). The number of para-hydroxylation sites is 1. The van der Waals surface area contributed by atoms with Crippen molar-refractivity contribution in [3.05, 3.63) is 53.1 Å². The van der Waals surface area contributed by atoms with Crippen LogP contribution < -0.4 is 20.1 Å². The predicted octanol–water partition coefficient (Wildman–Crippen LogP) is 3.44. The molecule has 2 aromatic rings. The van der Waals surface area contributed by atoms with Crippen LogP contribution in [0.5, 0.6) is 11.5 Å². The van der Waals surface area contributed by atoms with Crippen LogP contribution in [0.15, 0.2) is 36.4 Å². The fraction of sp³-hybridized carbons (Fsp3) is 0.316. The van der Waals surface area contributed by atoms with Crippen LogP contribution in [0.25, 0.3) is 0 Å². The molecule has 1 aliphatic heterocycles. The zero-order chi connectivity index (χ0) is 16.9. The van der Waals surface area contributed by atoms with Crippen molar-refractivity contribution in [2.75, 3.05) is 25.1 Å². The van der Waals surface area contributed by atoms with Crippen molar-refractivity contribution in [3.8, 4) is 11.5 Å². The molecule has 0 saturated heterocycles. The number of fused-ring (bicyclic) bond motifs is 1. The topological polar surface area (TPSA) is 59.6 Å². The van der Waals surface area contributed by atoms with Gasteiger partial charge in [0.15, 0.2) is 0 Å². The van der Waals surface area contributed by atoms with Gasteiger partial charge in [0.25, 0.3) is 0 Å². The Hall–Kier alpha value is -2.69. The molecule has 2 aromatic carbocycles. The monoisotopic (exact) mass is 326 g/mol. The van der Waals surface area contributed by atoms with Crippen molar-refractivity contribution in [2.24, 2.45) is 0 Å². The number of carbonyl (C=O) groups is 1. The summed E-state index contributed by atoms with van der Waals surface area (Å²) in [7, 11) is 0. The van der Waals surface area contributed by atoms with E-state index >= 15 is 0 Å². The predicted molar refractivity (Wildman–Crippen MR) is 94.1 cm³/mol. The van der Waals surface area contributed by atoms with Crippen LogP contribution >= 0.6 is 0 Å². The van der Waals surface area contributed by atoms with Crippen LogP contribution in [0.2, 0.25) is 0 Å². The van der Waals surface area contributed by atoms with Gasteiger partial charge < -0.3 is 20.1 Å². The van der Waals surface area contributed by atoms with E-state index in [-0.39, 0.29) is 6.03 Å². The minimum Gasteiger partial charge on any atom is -0.493 e. The fourth-order valence-corrected chi connectivity index (χ4v) is 2.78. The first-order valence-electron chi connectivity index (χ1n) is 8.13. The minimum absolute atomic E-state index is 0.237. The van der Waals surface area contributed by atoms with Crippen LogP contribution in [0.3, 0.4) is 0 Å². The number of rotatable bonds is 5. The number of aryl methyl sites for hydroxylation is 2. The van der Waals surface area contributed by atoms with Crippen molar-refractivity contribution in [2.45, 2.75) is 20.3 Å². The molecule has 0 atom stereocenters. The van der Waals surface area contributed by atoms with Gasteiger partial charge in [-0.05, 0) is 48.7 Å². The molecule has 0 unspecified atom stereocenters. The van der Waals surface area contributed by atoms with E-state index in [4.69, 9.17) is 9.47 Å². The van der Waals surface area contributed by atoms with Gasteiger partial charge in [0.2, 0.25) is 0 Å². The number of anilines is 1. The highest BCUT2D eigenvalue weighted by molar-refractivity contribution is 5.89. The molecule has 24 heavy (non-hydrogen) atoms. The number of hydrogen-bond acceptors (Lipinski definition) is 3. The third kappa shape index (κ3) is 3.79. The zero-order valence-corrected chi connectivity index (χ0v) is 14.0. The third-order valence-electron chi connectivity index (χ3n) is 3.99. The largest absolute Gasteiger partial charge is 0.493 e. The van der Waals surface area contributed by atoms with Crippen LogP contribution in [-0.2, 0) is 6.42 Å². The maximum Gasteiger partial charge on any atom is 0.319 e. The van der Waals surface area contributed by atoms with E-state index in [0.717, 1.165) is 40.3 Å². The Morgan fingerprint density at radius 3 is 2.79 bits per heavy atom. The highest BCUT2D eigenvalue weighted by Crippen LogP contribution is 2.27. The van der Waals surface area contributed by atoms with Crippen LogP contribution in [0.1, 0.15) is 16.7 Å². The van der Waals surface area contributed by atoms with Gasteiger partial charge in [-0.1, -0.05) is 18.2 Å². The Morgan fingerprint density at radius 2 is 2.00 bits per heavy atom. The van der Waals surface area contributed by atoms with E-state index in [2.05, 4.69) is 10.6 Å². The lowest BCUT2D eigenvalue weighted by atomic mass is 10.1. The number of benzene rings is 2. The fourth-order valence-electron chi connectivity index (χ4n) is 2.78. The Balaban J connectivity index is 1.44. The SMILES string of the molecule is Cc1cccc(C)c1OCCNC(=O)Nc1ccc2c(c1)CCO2. The van der Waals surface area contributed by atoms with Gasteiger partial charge in [-0.25, -0.2) is 4.79 Å². The second-order valence-corrected chi connectivity index (χ2v) is 5.87. The summed E-state index contributed by atoms with van der Waals surface area (Å²) in [5.41, 5.74) is 4.10. The number of nitrogens with one attached hydrogen (secondary N) is 2. The van der Waals surface area contributed by atoms with Crippen molar-refractivity contribution in [1.82, 2.24) is 5.32 Å². The molecular weight excluding hydrogens is 304 g/mol. The van der Waals surface area contributed by atoms with Crippen molar-refractivity contribution in [3.63, 3.8) is 0 Å². The first-order valence-corrected chi connectivity index (χ1v) is 8.13. The second kappa shape index (κ2) is 7.25. The van der Waals surface area contributed by atoms with E-state index < -0.39 is 0 Å². The lowest BCUT2D eigenvalue weighted by Crippen LogP contribution is -2.32. The van der Waals surface area contributed by atoms with Gasteiger partial charge in [0.1, 0.15) is 18.1 Å². The maximum absolute atomic E-state index is 11.9. The molecule has 0 spiro atoms. The molecule has 0 saturated carbocycles. The molecule has 5 heteroatoms. The summed E-state index contributed by atoms with van der Waals surface area (Å²) < 4.78 is 11.2. The molecule has 0 fully saturated rings. The highest BCUT2D eigenvalue weighted by Gasteiger charge is 2.12. The Labute approximate surface area is 142 Å². The average molecular weight is 326 g/mol. The minimum atomic E-state index is -0.237. The van der Waals surface area contributed by atoms with E-state index in [1.165, 1.54) is 0 Å².